The van der Waals surface area contributed by atoms with Crippen molar-refractivity contribution in [3.05, 3.63) is 95.6 Å². The summed E-state index contributed by atoms with van der Waals surface area (Å²) in [6.45, 7) is 1.94. The van der Waals surface area contributed by atoms with Gasteiger partial charge in [0.2, 0.25) is 11.1 Å². The van der Waals surface area contributed by atoms with E-state index in [-0.39, 0.29) is 11.7 Å². The van der Waals surface area contributed by atoms with Gasteiger partial charge in [0, 0.05) is 11.3 Å². The van der Waals surface area contributed by atoms with E-state index in [4.69, 9.17) is 4.74 Å². The van der Waals surface area contributed by atoms with Gasteiger partial charge in [-0.2, -0.15) is 0 Å². The fourth-order valence-electron chi connectivity index (χ4n) is 3.31. The van der Waals surface area contributed by atoms with E-state index < -0.39 is 5.25 Å². The van der Waals surface area contributed by atoms with Gasteiger partial charge in [-0.1, -0.05) is 66.4 Å². The number of hydrogen-bond acceptors (Lipinski definition) is 7. The molecule has 0 aliphatic carbocycles. The lowest BCUT2D eigenvalue weighted by Gasteiger charge is -2.17. The molecule has 8 nitrogen and oxygen atoms in total. The minimum absolute atomic E-state index is 0.0669. The van der Waals surface area contributed by atoms with E-state index in [0.29, 0.717) is 23.0 Å². The molecule has 9 heteroatoms. The fraction of sp³-hybridized carbons (Fsp3) is 0.160. The predicted octanol–water partition coefficient (Wildman–Crippen LogP) is 4.40. The molecule has 1 N–H and O–H groups in total. The van der Waals surface area contributed by atoms with Crippen LogP contribution >= 0.6 is 11.8 Å². The predicted molar refractivity (Wildman–Crippen MR) is 130 cm³/mol. The quantitative estimate of drug-likeness (QED) is 0.284. The molecular formula is C25H23N5O3S. The maximum Gasteiger partial charge on any atom is 0.242 e. The van der Waals surface area contributed by atoms with E-state index in [2.05, 4.69) is 20.8 Å². The third-order valence-corrected chi connectivity index (χ3v) is 6.32. The first kappa shape index (κ1) is 23.2. The monoisotopic (exact) mass is 473 g/mol. The van der Waals surface area contributed by atoms with Gasteiger partial charge in [-0.3, -0.25) is 9.59 Å². The molecule has 4 rings (SSSR count). The van der Waals surface area contributed by atoms with Crippen LogP contribution in [-0.2, 0) is 11.3 Å². The number of rotatable bonds is 9. The molecule has 0 aliphatic heterocycles. The molecule has 0 spiro atoms. The smallest absolute Gasteiger partial charge is 0.242 e. The number of Topliss-reactive ketones (excluding diaryl/α,β-unsaturated/α-hetero) is 1. The first-order valence-corrected chi connectivity index (χ1v) is 11.4. The first-order valence-electron chi connectivity index (χ1n) is 10.6. The van der Waals surface area contributed by atoms with E-state index in [9.17, 15) is 9.59 Å². The van der Waals surface area contributed by atoms with Crippen LogP contribution in [0.15, 0.2) is 84.0 Å². The molecule has 4 aromatic rings. The number of hydrogen-bond donors (Lipinski definition) is 1. The SMILES string of the molecule is COc1ccc(Cn2nnnc2SC(C(=O)Nc2cccc(C(C)=O)c2)c2ccccc2)cc1. The Morgan fingerprint density at radius 3 is 2.50 bits per heavy atom. The highest BCUT2D eigenvalue weighted by Gasteiger charge is 2.25. The number of carbonyl (C=O) groups excluding carboxylic acids is 2. The van der Waals surface area contributed by atoms with E-state index in [1.54, 1.807) is 36.1 Å². The largest absolute Gasteiger partial charge is 0.497 e. The van der Waals surface area contributed by atoms with Crippen molar-refractivity contribution in [1.82, 2.24) is 20.2 Å². The zero-order valence-corrected chi connectivity index (χ0v) is 19.5. The van der Waals surface area contributed by atoms with E-state index in [0.717, 1.165) is 16.9 Å². The number of benzene rings is 3. The van der Waals surface area contributed by atoms with Crippen LogP contribution in [0.5, 0.6) is 5.75 Å². The minimum Gasteiger partial charge on any atom is -0.497 e. The maximum absolute atomic E-state index is 13.4. The third kappa shape index (κ3) is 5.68. The molecule has 1 unspecified atom stereocenters. The number of carbonyl (C=O) groups is 2. The van der Waals surface area contributed by atoms with Gasteiger partial charge in [0.25, 0.3) is 0 Å². The summed E-state index contributed by atoms with van der Waals surface area (Å²) in [5, 5.41) is 14.9. The standard InChI is InChI=1S/C25H23N5O3S/c1-17(31)20-9-6-10-21(15-20)26-24(32)23(19-7-4-3-5-8-19)34-25-27-28-29-30(25)16-18-11-13-22(33-2)14-12-18/h3-15,23H,16H2,1-2H3,(H,26,32). The summed E-state index contributed by atoms with van der Waals surface area (Å²) in [6.07, 6.45) is 0. The average molecular weight is 474 g/mol. The van der Waals surface area contributed by atoms with Crippen molar-refractivity contribution in [1.29, 1.82) is 0 Å². The number of nitrogens with one attached hydrogen (secondary N) is 1. The van der Waals surface area contributed by atoms with Crippen LogP contribution in [0.3, 0.4) is 0 Å². The lowest BCUT2D eigenvalue weighted by Crippen LogP contribution is -2.20. The Kier molecular flexibility index (Phi) is 7.34. The highest BCUT2D eigenvalue weighted by molar-refractivity contribution is 8.00. The number of anilines is 1. The molecule has 34 heavy (non-hydrogen) atoms. The fourth-order valence-corrected chi connectivity index (χ4v) is 4.29. The molecule has 1 amide bonds. The molecule has 0 saturated carbocycles. The van der Waals surface area contributed by atoms with Gasteiger partial charge in [0.1, 0.15) is 11.0 Å². The summed E-state index contributed by atoms with van der Waals surface area (Å²) >= 11 is 1.26. The first-order chi connectivity index (χ1) is 16.5. The maximum atomic E-state index is 13.4. The highest BCUT2D eigenvalue weighted by atomic mass is 32.2. The third-order valence-electron chi connectivity index (χ3n) is 5.09. The molecule has 172 valence electrons. The summed E-state index contributed by atoms with van der Waals surface area (Å²) in [5.41, 5.74) is 2.89. The van der Waals surface area contributed by atoms with Gasteiger partial charge >= 0.3 is 0 Å². The summed E-state index contributed by atoms with van der Waals surface area (Å²) in [4.78, 5) is 25.1. The molecule has 0 saturated heterocycles. The van der Waals surface area contributed by atoms with Crippen molar-refractivity contribution in [3.8, 4) is 5.75 Å². The molecule has 0 bridgehead atoms. The Morgan fingerprint density at radius 1 is 1.03 bits per heavy atom. The zero-order chi connectivity index (χ0) is 23.9. The molecule has 0 radical (unpaired) electrons. The number of methoxy groups -OCH3 is 1. The van der Waals surface area contributed by atoms with Crippen molar-refractivity contribution in [2.45, 2.75) is 23.9 Å². The molecule has 3 aromatic carbocycles. The number of nitrogens with zero attached hydrogens (tertiary/aromatic N) is 4. The molecule has 0 fully saturated rings. The summed E-state index contributed by atoms with van der Waals surface area (Å²) in [6, 6.07) is 24.0. The van der Waals surface area contributed by atoms with Gasteiger partial charge in [0.05, 0.1) is 13.7 Å². The second-order valence-electron chi connectivity index (χ2n) is 7.50. The number of tetrazole rings is 1. The van der Waals surface area contributed by atoms with Gasteiger partial charge < -0.3 is 10.1 Å². The van der Waals surface area contributed by atoms with Crippen LogP contribution in [0.2, 0.25) is 0 Å². The van der Waals surface area contributed by atoms with Crippen LogP contribution in [0.25, 0.3) is 0 Å². The van der Waals surface area contributed by atoms with Crippen molar-refractivity contribution >= 4 is 29.1 Å². The minimum atomic E-state index is -0.609. The van der Waals surface area contributed by atoms with Crippen LogP contribution in [0, 0.1) is 0 Å². The van der Waals surface area contributed by atoms with E-state index in [1.807, 2.05) is 54.6 Å². The van der Waals surface area contributed by atoms with Gasteiger partial charge in [-0.05, 0) is 52.7 Å². The summed E-state index contributed by atoms with van der Waals surface area (Å²) in [5.74, 6) is 0.461. The number of ketones is 1. The van der Waals surface area contributed by atoms with Crippen LogP contribution in [-0.4, -0.2) is 39.0 Å². The second kappa shape index (κ2) is 10.8. The van der Waals surface area contributed by atoms with Gasteiger partial charge in [0.15, 0.2) is 5.78 Å². The Labute approximate surface area is 201 Å². The topological polar surface area (TPSA) is 99.0 Å². The lowest BCUT2D eigenvalue weighted by molar-refractivity contribution is -0.115. The van der Waals surface area contributed by atoms with Crippen molar-refractivity contribution < 1.29 is 14.3 Å². The van der Waals surface area contributed by atoms with Crippen molar-refractivity contribution in [2.75, 3.05) is 12.4 Å². The van der Waals surface area contributed by atoms with Crippen molar-refractivity contribution in [3.63, 3.8) is 0 Å². The Balaban J connectivity index is 1.57. The van der Waals surface area contributed by atoms with Crippen LogP contribution < -0.4 is 10.1 Å². The molecule has 1 heterocycles. The van der Waals surface area contributed by atoms with Crippen LogP contribution in [0.4, 0.5) is 5.69 Å². The molecule has 1 aromatic heterocycles. The summed E-state index contributed by atoms with van der Waals surface area (Å²) in [7, 11) is 1.62. The normalized spacial score (nSPS) is 11.6. The Hall–Kier alpha value is -3.98. The number of amides is 1. The summed E-state index contributed by atoms with van der Waals surface area (Å²) < 4.78 is 6.87. The lowest BCUT2D eigenvalue weighted by atomic mass is 10.1. The van der Waals surface area contributed by atoms with E-state index >= 15 is 0 Å². The average Bonchev–Trinajstić information content (AvgIpc) is 3.30. The second-order valence-corrected chi connectivity index (χ2v) is 8.57. The van der Waals surface area contributed by atoms with E-state index in [1.165, 1.54) is 18.7 Å². The highest BCUT2D eigenvalue weighted by Crippen LogP contribution is 2.35. The number of thioether (sulfide) groups is 1. The number of aromatic nitrogens is 4. The number of ether oxygens (including phenoxy) is 1. The Bertz CT molecular complexity index is 1280. The zero-order valence-electron chi connectivity index (χ0n) is 18.7. The molecule has 0 aliphatic rings. The van der Waals surface area contributed by atoms with Gasteiger partial charge in [-0.25, -0.2) is 4.68 Å². The molecular weight excluding hydrogens is 450 g/mol. The van der Waals surface area contributed by atoms with Crippen molar-refractivity contribution in [2.24, 2.45) is 0 Å². The Morgan fingerprint density at radius 2 is 1.79 bits per heavy atom. The molecule has 1 atom stereocenters. The van der Waals surface area contributed by atoms with Crippen LogP contribution in [0.1, 0.15) is 33.7 Å². The van der Waals surface area contributed by atoms with Gasteiger partial charge in [-0.15, -0.1) is 5.10 Å².